The number of nitrogens with one attached hydrogen (secondary N) is 3. The Balaban J connectivity index is 1.21. The van der Waals surface area contributed by atoms with Crippen molar-refractivity contribution in [2.24, 2.45) is 35.5 Å². The quantitative estimate of drug-likeness (QED) is 0.132. The summed E-state index contributed by atoms with van der Waals surface area (Å²) in [6, 6.07) is -11.3. The Hall–Kier alpha value is -6.62. The van der Waals surface area contributed by atoms with Gasteiger partial charge in [0.25, 0.3) is 0 Å². The van der Waals surface area contributed by atoms with Gasteiger partial charge in [-0.15, -0.1) is 11.6 Å². The first-order chi connectivity index (χ1) is 50.6. The number of amides is 12. The molecular weight excluding hydrogens is 1410 g/mol. The highest BCUT2D eigenvalue weighted by Crippen LogP contribution is 2.45. The van der Waals surface area contributed by atoms with Crippen LogP contribution in [0.5, 0.6) is 0 Å². The standard InChI is InChI=1S/C77H122ClF3N12O14/c1-14-22-57-66(96)83-56(37-46(3)4)69(99)93-43-51(106-13)40-62(93)72(102)88(10)58-25-17-16-20-36-91(73(58)103)61(39-49-28-26-47(5)27-29-49)71(101)86(8)45-63(94)82-55(33-31-48-30-32-53(54(78)38-48)77(79,80)81)68(98)92-44-52(107-15-2)41-59(92)67(97)84-76(34-21-35-76)75(105)90(12)65(50-23-18-19-24-50)74(104)89(11)60(70(100)85(6)7)42-64(95)87(57)9/h16-17,46-62,65H,14-15,18-45H2,1-13H3,(H,82,94)(H,83,96)(H,84,97)/b17-16-/t47?,48?,49?,51-,52+,53?,54?,55-,56-,57-,58-,59-,60-,61-,62-,65-/m0/s1. The molecule has 4 aliphatic carbocycles. The molecule has 3 unspecified atom stereocenters. The van der Waals surface area contributed by atoms with E-state index in [1.54, 1.807) is 13.0 Å². The Morgan fingerprint density at radius 2 is 1.30 bits per heavy atom. The number of ether oxygens (including phenoxy) is 2. The van der Waals surface area contributed by atoms with Gasteiger partial charge in [0, 0.05) is 101 Å². The van der Waals surface area contributed by atoms with Crippen molar-refractivity contribution >= 4 is 82.5 Å². The third-order valence-corrected chi connectivity index (χ3v) is 25.0. The van der Waals surface area contributed by atoms with Gasteiger partial charge in [0.2, 0.25) is 70.9 Å². The van der Waals surface area contributed by atoms with Gasteiger partial charge in [-0.05, 0) is 133 Å². The Morgan fingerprint density at radius 1 is 0.664 bits per heavy atom. The summed E-state index contributed by atoms with van der Waals surface area (Å²) in [5.41, 5.74) is -1.59. The summed E-state index contributed by atoms with van der Waals surface area (Å²) in [6.07, 6.45) is 4.89. The van der Waals surface area contributed by atoms with Crippen molar-refractivity contribution in [3.8, 4) is 0 Å². The molecule has 7 fully saturated rings. The van der Waals surface area contributed by atoms with Gasteiger partial charge in [0.15, 0.2) is 0 Å². The van der Waals surface area contributed by atoms with Crippen molar-refractivity contribution in [2.75, 3.05) is 89.2 Å². The van der Waals surface area contributed by atoms with Gasteiger partial charge in [-0.1, -0.05) is 84.8 Å². The molecule has 0 radical (unpaired) electrons. The van der Waals surface area contributed by atoms with Crippen molar-refractivity contribution in [3.05, 3.63) is 12.2 Å². The van der Waals surface area contributed by atoms with Crippen LogP contribution in [0, 0.1) is 35.5 Å². The molecule has 30 heteroatoms. The summed E-state index contributed by atoms with van der Waals surface area (Å²) in [6.45, 7) is 8.91. The summed E-state index contributed by atoms with van der Waals surface area (Å²) in [4.78, 5) is 195. The number of rotatable bonds is 14. The normalized spacial score (nSPS) is 32.9. The number of alkyl halides is 4. The summed E-state index contributed by atoms with van der Waals surface area (Å²) >= 11 is 6.47. The molecule has 14 atom stereocenters. The fourth-order valence-electron chi connectivity index (χ4n) is 17.9. The molecule has 12 amide bonds. The molecule has 0 aromatic rings. The summed E-state index contributed by atoms with van der Waals surface area (Å²) in [5.74, 6) is -10.1. The second-order valence-electron chi connectivity index (χ2n) is 32.8. The molecule has 107 heavy (non-hydrogen) atoms. The van der Waals surface area contributed by atoms with Crippen LogP contribution in [0.25, 0.3) is 0 Å². The van der Waals surface area contributed by atoms with Crippen LogP contribution in [0.2, 0.25) is 0 Å². The minimum atomic E-state index is -4.53. The van der Waals surface area contributed by atoms with Gasteiger partial charge in [-0.3, -0.25) is 57.5 Å². The van der Waals surface area contributed by atoms with E-state index in [1.807, 2.05) is 26.8 Å². The van der Waals surface area contributed by atoms with Crippen LogP contribution in [-0.2, 0) is 67.0 Å². The molecule has 0 aromatic carbocycles. The van der Waals surface area contributed by atoms with E-state index in [0.717, 1.165) is 38.5 Å². The Bertz CT molecular complexity index is 3200. The lowest BCUT2D eigenvalue weighted by molar-refractivity contribution is -0.182. The highest BCUT2D eigenvalue weighted by Gasteiger charge is 2.55. The molecule has 602 valence electrons. The van der Waals surface area contributed by atoms with Crippen LogP contribution in [0.1, 0.15) is 195 Å². The van der Waals surface area contributed by atoms with E-state index in [4.69, 9.17) is 21.1 Å². The monoisotopic (exact) mass is 1530 g/mol. The van der Waals surface area contributed by atoms with Crippen molar-refractivity contribution in [2.45, 2.75) is 279 Å². The van der Waals surface area contributed by atoms with E-state index >= 15 is 38.4 Å². The molecule has 4 aliphatic heterocycles. The number of likely N-dealkylation sites (N-methyl/N-ethyl adjacent to an activating group) is 6. The Morgan fingerprint density at radius 3 is 1.90 bits per heavy atom. The van der Waals surface area contributed by atoms with E-state index in [9.17, 15) is 32.3 Å². The lowest BCUT2D eigenvalue weighted by Crippen LogP contribution is -2.68. The highest BCUT2D eigenvalue weighted by atomic mass is 35.5. The van der Waals surface area contributed by atoms with Gasteiger partial charge in [-0.25, -0.2) is 0 Å². The molecule has 26 nitrogen and oxygen atoms in total. The number of halogens is 4. The zero-order valence-corrected chi connectivity index (χ0v) is 66.3. The van der Waals surface area contributed by atoms with Crippen LogP contribution in [0.15, 0.2) is 12.2 Å². The second-order valence-corrected chi connectivity index (χ2v) is 33.3. The zero-order chi connectivity index (χ0) is 78.7. The second kappa shape index (κ2) is 37.9. The lowest BCUT2D eigenvalue weighted by atomic mass is 9.74. The van der Waals surface area contributed by atoms with Crippen LogP contribution in [-0.4, -0.2) is 288 Å². The van der Waals surface area contributed by atoms with Crippen molar-refractivity contribution in [1.82, 2.24) is 60.0 Å². The van der Waals surface area contributed by atoms with Gasteiger partial charge < -0.3 is 69.5 Å². The molecular formula is C77H122ClF3N12O14. The Kier molecular flexibility index (Phi) is 30.4. The summed E-state index contributed by atoms with van der Waals surface area (Å²) in [7, 11) is 11.6. The molecule has 4 heterocycles. The number of nitrogens with zero attached hydrogens (tertiary/aromatic N) is 9. The third kappa shape index (κ3) is 20.7. The number of fused-ring (bicyclic) bond motifs is 4. The first-order valence-electron chi connectivity index (χ1n) is 39.4. The SMILES string of the molecule is CCC[C@H]1C(=O)N[C@@H](CC(C)C)C(=O)N2C[C@@H](OC)C[C@H]2C(=O)N(C)[C@H]2C/C=C\CCN(C2=O)[C@@H](CC2CCC(C)CC2)C(=O)N(C)CC(=O)N[C@@H](CCC2CCC(C(F)(F)F)C(Cl)C2)C(=O)N2C[C@H](OCC)C[C@H]2C(=O)NC2(CCC2)C(=O)N(C)[C@@H](C2CCCC2)C(=O)N(C)[C@H](C(=O)N(C)C)CC(=O)N1C. The predicted molar refractivity (Wildman–Crippen MR) is 394 cm³/mol. The van der Waals surface area contributed by atoms with Crippen molar-refractivity contribution in [1.29, 1.82) is 0 Å². The van der Waals surface area contributed by atoms with Gasteiger partial charge in [-0.2, -0.15) is 13.2 Å². The molecule has 8 rings (SSSR count). The van der Waals surface area contributed by atoms with Crippen molar-refractivity contribution in [3.63, 3.8) is 0 Å². The van der Waals surface area contributed by atoms with E-state index in [0.29, 0.717) is 38.0 Å². The first kappa shape index (κ1) is 86.0. The predicted octanol–water partition coefficient (Wildman–Crippen LogP) is 6.04. The third-order valence-electron chi connectivity index (χ3n) is 24.5. The number of hydrogen-bond donors (Lipinski definition) is 3. The minimum Gasteiger partial charge on any atom is -0.380 e. The number of hydrogen-bond acceptors (Lipinski definition) is 14. The lowest BCUT2D eigenvalue weighted by Gasteiger charge is -2.46. The average Bonchev–Trinajstić information content (AvgIpc) is 1.76. The maximum Gasteiger partial charge on any atom is 0.393 e. The van der Waals surface area contributed by atoms with Crippen LogP contribution in [0.3, 0.4) is 0 Å². The molecule has 4 saturated carbocycles. The van der Waals surface area contributed by atoms with E-state index < -0.39 is 185 Å². The van der Waals surface area contributed by atoms with E-state index in [1.165, 1.54) is 101 Å². The smallest absolute Gasteiger partial charge is 0.380 e. The molecule has 3 N–H and O–H groups in total. The number of carbonyl (C=O) groups is 12. The fourth-order valence-corrected chi connectivity index (χ4v) is 18.4. The molecule has 3 saturated heterocycles. The largest absolute Gasteiger partial charge is 0.393 e. The molecule has 8 aliphatic rings. The van der Waals surface area contributed by atoms with Crippen molar-refractivity contribution < 1.29 is 80.2 Å². The average molecular weight is 1530 g/mol. The maximum atomic E-state index is 15.7. The summed E-state index contributed by atoms with van der Waals surface area (Å²) < 4.78 is 54.4. The number of methoxy groups -OCH3 is 1. The van der Waals surface area contributed by atoms with Crippen LogP contribution in [0.4, 0.5) is 13.2 Å². The first-order valence-corrected chi connectivity index (χ1v) is 39.9. The highest BCUT2D eigenvalue weighted by molar-refractivity contribution is 6.21. The van der Waals surface area contributed by atoms with E-state index in [2.05, 4.69) is 22.9 Å². The van der Waals surface area contributed by atoms with Crippen LogP contribution < -0.4 is 16.0 Å². The summed E-state index contributed by atoms with van der Waals surface area (Å²) in [5, 5.41) is 7.61. The topological polar surface area (TPSA) is 289 Å². The molecule has 0 aromatic heterocycles. The molecule has 1 spiro atoms. The maximum absolute atomic E-state index is 15.7. The molecule has 2 bridgehead atoms. The van der Waals surface area contributed by atoms with E-state index in [-0.39, 0.29) is 122 Å². The van der Waals surface area contributed by atoms with Gasteiger partial charge in [0.05, 0.1) is 31.1 Å². The van der Waals surface area contributed by atoms with Crippen LogP contribution >= 0.6 is 11.6 Å². The Labute approximate surface area is 635 Å². The van der Waals surface area contributed by atoms with Gasteiger partial charge in [0.1, 0.15) is 59.9 Å². The van der Waals surface area contributed by atoms with Gasteiger partial charge >= 0.3 is 6.18 Å². The minimum absolute atomic E-state index is 0.0162. The zero-order valence-electron chi connectivity index (χ0n) is 65.5. The fraction of sp³-hybridized carbons (Fsp3) is 0.818. The number of carbonyl (C=O) groups excluding carboxylic acids is 12.